The Hall–Kier alpha value is -0.490. The van der Waals surface area contributed by atoms with Crippen LogP contribution in [0.3, 0.4) is 0 Å². The Bertz CT molecular complexity index is 442. The summed E-state index contributed by atoms with van der Waals surface area (Å²) in [6, 6.07) is 5.32. The zero-order valence-corrected chi connectivity index (χ0v) is 13.4. The quantitative estimate of drug-likeness (QED) is 0.891. The van der Waals surface area contributed by atoms with Gasteiger partial charge in [0.1, 0.15) is 5.82 Å². The highest BCUT2D eigenvalue weighted by atomic mass is 79.9. The average molecular weight is 345 g/mol. The summed E-state index contributed by atoms with van der Waals surface area (Å²) in [7, 11) is 0. The van der Waals surface area contributed by atoms with Crippen LogP contribution >= 0.6 is 15.9 Å². The first-order valence-corrected chi connectivity index (χ1v) is 7.95. The van der Waals surface area contributed by atoms with Crippen LogP contribution in [0.5, 0.6) is 0 Å². The van der Waals surface area contributed by atoms with E-state index < -0.39 is 0 Å². The molecule has 5 heteroatoms. The minimum Gasteiger partial charge on any atom is -0.377 e. The lowest BCUT2D eigenvalue weighted by atomic mass is 10.0. The lowest BCUT2D eigenvalue weighted by Crippen LogP contribution is -2.44. The second kappa shape index (κ2) is 7.50. The van der Waals surface area contributed by atoms with Gasteiger partial charge in [0.2, 0.25) is 0 Å². The number of hydrogen-bond donors (Lipinski definition) is 1. The van der Waals surface area contributed by atoms with E-state index in [2.05, 4.69) is 20.8 Å². The highest BCUT2D eigenvalue weighted by Crippen LogP contribution is 2.27. The van der Waals surface area contributed by atoms with Crippen molar-refractivity contribution in [3.8, 4) is 0 Å². The number of nitrogens with zero attached hydrogens (tertiary/aromatic N) is 1. The standard InChI is InChI=1S/C15H22BrFN2O/c1-2-20-12-4-3-7-19(10-12)15(9-18)11-5-6-13(16)14(17)8-11/h5-6,8,12,15H,2-4,7,9-10,18H2,1H3. The van der Waals surface area contributed by atoms with Crippen LogP contribution in [0.15, 0.2) is 22.7 Å². The second-order valence-corrected chi connectivity index (χ2v) is 5.99. The molecule has 112 valence electrons. The van der Waals surface area contributed by atoms with Gasteiger partial charge >= 0.3 is 0 Å². The smallest absolute Gasteiger partial charge is 0.137 e. The molecule has 1 fully saturated rings. The molecule has 2 rings (SSSR count). The van der Waals surface area contributed by atoms with Crippen molar-refractivity contribution in [1.82, 2.24) is 4.90 Å². The first kappa shape index (κ1) is 15.9. The Morgan fingerprint density at radius 2 is 2.35 bits per heavy atom. The molecule has 0 aromatic heterocycles. The third kappa shape index (κ3) is 3.79. The summed E-state index contributed by atoms with van der Waals surface area (Å²) < 4.78 is 19.9. The largest absolute Gasteiger partial charge is 0.377 e. The molecule has 2 atom stereocenters. The van der Waals surface area contributed by atoms with Crippen molar-refractivity contribution in [2.24, 2.45) is 5.73 Å². The molecular formula is C15H22BrFN2O. The fraction of sp³-hybridized carbons (Fsp3) is 0.600. The number of ether oxygens (including phenoxy) is 1. The van der Waals surface area contributed by atoms with E-state index in [1.165, 1.54) is 0 Å². The zero-order chi connectivity index (χ0) is 14.5. The molecule has 1 saturated heterocycles. The van der Waals surface area contributed by atoms with E-state index >= 15 is 0 Å². The molecule has 0 amide bonds. The number of likely N-dealkylation sites (tertiary alicyclic amines) is 1. The summed E-state index contributed by atoms with van der Waals surface area (Å²) in [6.45, 7) is 5.10. The van der Waals surface area contributed by atoms with Crippen molar-refractivity contribution in [3.05, 3.63) is 34.1 Å². The third-order valence-corrected chi connectivity index (χ3v) is 4.45. The molecular weight excluding hydrogens is 323 g/mol. The third-order valence-electron chi connectivity index (χ3n) is 3.80. The van der Waals surface area contributed by atoms with E-state index in [1.54, 1.807) is 12.1 Å². The second-order valence-electron chi connectivity index (χ2n) is 5.14. The predicted octanol–water partition coefficient (Wildman–Crippen LogP) is 3.09. The Kier molecular flexibility index (Phi) is 5.96. The SMILES string of the molecule is CCOC1CCCN(C(CN)c2ccc(Br)c(F)c2)C1. The van der Waals surface area contributed by atoms with Gasteiger partial charge < -0.3 is 10.5 Å². The van der Waals surface area contributed by atoms with Gasteiger partial charge in [0.25, 0.3) is 0 Å². The molecule has 1 aliphatic heterocycles. The van der Waals surface area contributed by atoms with Gasteiger partial charge in [-0.2, -0.15) is 0 Å². The van der Waals surface area contributed by atoms with E-state index in [1.807, 2.05) is 13.0 Å². The summed E-state index contributed by atoms with van der Waals surface area (Å²) in [6.07, 6.45) is 2.46. The Morgan fingerprint density at radius 3 is 3.00 bits per heavy atom. The number of hydrogen-bond acceptors (Lipinski definition) is 3. The number of halogens is 2. The molecule has 0 aliphatic carbocycles. The summed E-state index contributed by atoms with van der Waals surface area (Å²) >= 11 is 3.19. The molecule has 1 heterocycles. The lowest BCUT2D eigenvalue weighted by Gasteiger charge is -2.37. The van der Waals surface area contributed by atoms with Crippen LogP contribution in [0.1, 0.15) is 31.4 Å². The highest BCUT2D eigenvalue weighted by molar-refractivity contribution is 9.10. The van der Waals surface area contributed by atoms with Crippen LogP contribution in [0.25, 0.3) is 0 Å². The number of benzene rings is 1. The minimum absolute atomic E-state index is 0.0563. The van der Waals surface area contributed by atoms with Crippen LogP contribution < -0.4 is 5.73 Å². The highest BCUT2D eigenvalue weighted by Gasteiger charge is 2.26. The molecule has 2 unspecified atom stereocenters. The van der Waals surface area contributed by atoms with E-state index in [9.17, 15) is 4.39 Å². The maximum atomic E-state index is 13.7. The van der Waals surface area contributed by atoms with Crippen molar-refractivity contribution in [2.75, 3.05) is 26.2 Å². The molecule has 0 spiro atoms. The Labute approximate surface area is 128 Å². The molecule has 1 aliphatic rings. The topological polar surface area (TPSA) is 38.5 Å². The summed E-state index contributed by atoms with van der Waals surface area (Å²) in [5, 5.41) is 0. The minimum atomic E-state index is -0.237. The fourth-order valence-corrected chi connectivity index (χ4v) is 3.08. The molecule has 1 aromatic carbocycles. The van der Waals surface area contributed by atoms with Gasteiger partial charge in [-0.15, -0.1) is 0 Å². The Balaban J connectivity index is 2.12. The molecule has 3 nitrogen and oxygen atoms in total. The first-order chi connectivity index (χ1) is 9.65. The van der Waals surface area contributed by atoms with Crippen molar-refractivity contribution in [1.29, 1.82) is 0 Å². The van der Waals surface area contributed by atoms with E-state index in [0.717, 1.165) is 38.1 Å². The number of rotatable bonds is 5. The van der Waals surface area contributed by atoms with E-state index in [0.29, 0.717) is 11.0 Å². The van der Waals surface area contributed by atoms with Crippen molar-refractivity contribution in [3.63, 3.8) is 0 Å². The van der Waals surface area contributed by atoms with Gasteiger partial charge in [0, 0.05) is 25.7 Å². The summed E-state index contributed by atoms with van der Waals surface area (Å²) in [5.41, 5.74) is 6.86. The molecule has 20 heavy (non-hydrogen) atoms. The van der Waals surface area contributed by atoms with Crippen LogP contribution in [-0.4, -0.2) is 37.2 Å². The molecule has 0 bridgehead atoms. The molecule has 0 radical (unpaired) electrons. The van der Waals surface area contributed by atoms with E-state index in [4.69, 9.17) is 10.5 Å². The number of piperidine rings is 1. The lowest BCUT2D eigenvalue weighted by molar-refractivity contribution is -0.00662. The summed E-state index contributed by atoms with van der Waals surface area (Å²) in [4.78, 5) is 2.31. The molecule has 0 saturated carbocycles. The van der Waals surface area contributed by atoms with Gasteiger partial charge in [-0.25, -0.2) is 4.39 Å². The number of nitrogens with two attached hydrogens (primary N) is 1. The fourth-order valence-electron chi connectivity index (χ4n) is 2.84. The summed E-state index contributed by atoms with van der Waals surface area (Å²) in [5.74, 6) is -0.237. The van der Waals surface area contributed by atoms with Gasteiger partial charge in [-0.3, -0.25) is 4.90 Å². The van der Waals surface area contributed by atoms with Crippen molar-refractivity contribution >= 4 is 15.9 Å². The first-order valence-electron chi connectivity index (χ1n) is 7.16. The molecule has 2 N–H and O–H groups in total. The predicted molar refractivity (Wildman–Crippen MR) is 82.1 cm³/mol. The van der Waals surface area contributed by atoms with Gasteiger partial charge in [0.15, 0.2) is 0 Å². The zero-order valence-electron chi connectivity index (χ0n) is 11.8. The average Bonchev–Trinajstić information content (AvgIpc) is 2.44. The van der Waals surface area contributed by atoms with Gasteiger partial charge in [-0.1, -0.05) is 6.07 Å². The maximum absolute atomic E-state index is 13.7. The Morgan fingerprint density at radius 1 is 1.55 bits per heavy atom. The monoisotopic (exact) mass is 344 g/mol. The maximum Gasteiger partial charge on any atom is 0.137 e. The van der Waals surface area contributed by atoms with Crippen LogP contribution in [-0.2, 0) is 4.74 Å². The van der Waals surface area contributed by atoms with Gasteiger partial charge in [-0.05, 0) is 59.9 Å². The normalized spacial score (nSPS) is 21.9. The molecule has 1 aromatic rings. The van der Waals surface area contributed by atoms with Gasteiger partial charge in [0.05, 0.1) is 10.6 Å². The van der Waals surface area contributed by atoms with E-state index in [-0.39, 0.29) is 18.0 Å². The van der Waals surface area contributed by atoms with Crippen molar-refractivity contribution < 1.29 is 9.13 Å². The van der Waals surface area contributed by atoms with Crippen LogP contribution in [0, 0.1) is 5.82 Å². The van der Waals surface area contributed by atoms with Crippen molar-refractivity contribution in [2.45, 2.75) is 31.9 Å². The van der Waals surface area contributed by atoms with Crippen LogP contribution in [0.4, 0.5) is 4.39 Å². The van der Waals surface area contributed by atoms with Crippen LogP contribution in [0.2, 0.25) is 0 Å².